The van der Waals surface area contributed by atoms with E-state index in [4.69, 9.17) is 21.7 Å². The fourth-order valence-electron chi connectivity index (χ4n) is 4.19. The van der Waals surface area contributed by atoms with E-state index in [1.165, 1.54) is 17.7 Å². The van der Waals surface area contributed by atoms with Gasteiger partial charge in [-0.25, -0.2) is 4.39 Å². The third kappa shape index (κ3) is 4.10. The number of hydrogen-bond donors (Lipinski definition) is 1. The van der Waals surface area contributed by atoms with Gasteiger partial charge < -0.3 is 9.84 Å². The first-order valence-corrected chi connectivity index (χ1v) is 11.5. The first-order valence-electron chi connectivity index (χ1n) is 11.1. The highest BCUT2D eigenvalue weighted by Crippen LogP contribution is 2.39. The number of nitrogens with one attached hydrogen (secondary N) is 1. The average molecular weight is 471 g/mol. The van der Waals surface area contributed by atoms with E-state index in [9.17, 15) is 4.39 Å². The molecule has 0 saturated carbocycles. The van der Waals surface area contributed by atoms with Gasteiger partial charge in [0.15, 0.2) is 5.11 Å². The largest absolute Gasteiger partial charge is 0.351 e. The summed E-state index contributed by atoms with van der Waals surface area (Å²) in [6.07, 6.45) is 0.953. The zero-order chi connectivity index (χ0) is 23.7. The third-order valence-corrected chi connectivity index (χ3v) is 6.26. The minimum atomic E-state index is -0.446. The van der Waals surface area contributed by atoms with Crippen molar-refractivity contribution in [2.24, 2.45) is 0 Å². The maximum Gasteiger partial charge on any atom is 0.258 e. The highest BCUT2D eigenvalue weighted by molar-refractivity contribution is 7.80. The molecule has 0 spiro atoms. The summed E-state index contributed by atoms with van der Waals surface area (Å²) >= 11 is 5.76. The molecule has 1 aliphatic rings. The molecule has 5 rings (SSSR count). The van der Waals surface area contributed by atoms with E-state index in [1.54, 1.807) is 6.07 Å². The van der Waals surface area contributed by atoms with Crippen molar-refractivity contribution >= 4 is 28.6 Å². The van der Waals surface area contributed by atoms with Gasteiger partial charge in [0.2, 0.25) is 5.82 Å². The molecular weight excluding hydrogens is 447 g/mol. The quantitative estimate of drug-likeness (QED) is 0.345. The normalized spacial score (nSPS) is 16.0. The number of rotatable bonds is 5. The SMILES string of the molecule is CCc1ccc(N2C(=S)NC(c3cccc(F)c3)C(c3nc(-c4ccccc4)no3)=C2C)cc1. The summed E-state index contributed by atoms with van der Waals surface area (Å²) in [4.78, 5) is 6.64. The summed E-state index contributed by atoms with van der Waals surface area (Å²) in [7, 11) is 0. The van der Waals surface area contributed by atoms with Crippen LogP contribution in [0.5, 0.6) is 0 Å². The van der Waals surface area contributed by atoms with Crippen molar-refractivity contribution in [1.29, 1.82) is 0 Å². The van der Waals surface area contributed by atoms with Gasteiger partial charge in [0, 0.05) is 16.9 Å². The molecule has 4 aromatic rings. The molecule has 0 saturated heterocycles. The minimum Gasteiger partial charge on any atom is -0.351 e. The maximum absolute atomic E-state index is 14.1. The van der Waals surface area contributed by atoms with Gasteiger partial charge in [-0.2, -0.15) is 4.98 Å². The van der Waals surface area contributed by atoms with Gasteiger partial charge in [-0.3, -0.25) is 4.90 Å². The lowest BCUT2D eigenvalue weighted by Crippen LogP contribution is -2.46. The van der Waals surface area contributed by atoms with E-state index in [1.807, 2.05) is 60.4 Å². The van der Waals surface area contributed by atoms with Crippen LogP contribution in [-0.4, -0.2) is 15.3 Å². The number of thiocarbonyl (C=S) groups is 1. The lowest BCUT2D eigenvalue weighted by molar-refractivity contribution is 0.404. The molecule has 1 unspecified atom stereocenters. The lowest BCUT2D eigenvalue weighted by Gasteiger charge is -2.37. The second kappa shape index (κ2) is 9.19. The minimum absolute atomic E-state index is 0.324. The molecule has 0 fully saturated rings. The van der Waals surface area contributed by atoms with E-state index in [0.29, 0.717) is 16.8 Å². The molecule has 7 heteroatoms. The van der Waals surface area contributed by atoms with Gasteiger partial charge >= 0.3 is 0 Å². The zero-order valence-corrected chi connectivity index (χ0v) is 19.6. The molecule has 170 valence electrons. The molecule has 34 heavy (non-hydrogen) atoms. The van der Waals surface area contributed by atoms with Crippen molar-refractivity contribution in [1.82, 2.24) is 15.5 Å². The molecule has 1 atom stereocenters. The van der Waals surface area contributed by atoms with Crippen LogP contribution in [0.2, 0.25) is 0 Å². The van der Waals surface area contributed by atoms with Crippen LogP contribution >= 0.6 is 12.2 Å². The molecule has 1 aromatic heterocycles. The molecule has 2 heterocycles. The fourth-order valence-corrected chi connectivity index (χ4v) is 4.55. The Hall–Kier alpha value is -3.84. The molecule has 1 aliphatic heterocycles. The standard InChI is InChI=1S/C27H23FN4OS/c1-3-18-12-14-22(15-13-18)32-17(2)23(24(29-27(32)34)20-10-7-11-21(28)16-20)26-30-25(31-33-26)19-8-5-4-6-9-19/h4-16,24H,3H2,1-2H3,(H,29,34). The van der Waals surface area contributed by atoms with Crippen LogP contribution in [0.25, 0.3) is 17.0 Å². The third-order valence-electron chi connectivity index (χ3n) is 5.96. The predicted molar refractivity (Wildman–Crippen MR) is 136 cm³/mol. The topological polar surface area (TPSA) is 54.2 Å². The van der Waals surface area contributed by atoms with E-state index in [-0.39, 0.29) is 5.82 Å². The number of aromatic nitrogens is 2. The Morgan fingerprint density at radius 2 is 1.79 bits per heavy atom. The summed E-state index contributed by atoms with van der Waals surface area (Å²) in [5.41, 5.74) is 5.31. The Morgan fingerprint density at radius 1 is 1.03 bits per heavy atom. The maximum atomic E-state index is 14.1. The number of nitrogens with zero attached hydrogens (tertiary/aromatic N) is 3. The molecule has 1 N–H and O–H groups in total. The van der Waals surface area contributed by atoms with Crippen LogP contribution in [0.1, 0.15) is 36.9 Å². The lowest BCUT2D eigenvalue weighted by atomic mass is 9.94. The summed E-state index contributed by atoms with van der Waals surface area (Å²) in [6, 6.07) is 23.9. The molecule has 0 radical (unpaired) electrons. The number of anilines is 1. The number of aryl methyl sites for hydroxylation is 1. The smallest absolute Gasteiger partial charge is 0.258 e. The Labute approximate surface area is 202 Å². The Bertz CT molecular complexity index is 1360. The number of hydrogen-bond acceptors (Lipinski definition) is 4. The Morgan fingerprint density at radius 3 is 2.50 bits per heavy atom. The van der Waals surface area contributed by atoms with Crippen LogP contribution in [-0.2, 0) is 6.42 Å². The van der Waals surface area contributed by atoms with Crippen molar-refractivity contribution in [3.8, 4) is 11.4 Å². The van der Waals surface area contributed by atoms with Gasteiger partial charge in [-0.1, -0.05) is 66.7 Å². The monoisotopic (exact) mass is 470 g/mol. The second-order valence-electron chi connectivity index (χ2n) is 8.08. The average Bonchev–Trinajstić information content (AvgIpc) is 3.34. The summed E-state index contributed by atoms with van der Waals surface area (Å²) < 4.78 is 19.9. The number of benzene rings is 3. The van der Waals surface area contributed by atoms with Gasteiger partial charge in [-0.05, 0) is 61.0 Å². The van der Waals surface area contributed by atoms with Crippen molar-refractivity contribution in [2.45, 2.75) is 26.3 Å². The Kier molecular flexibility index (Phi) is 5.94. The van der Waals surface area contributed by atoms with Crippen LogP contribution in [0.3, 0.4) is 0 Å². The number of halogens is 1. The fraction of sp³-hybridized carbons (Fsp3) is 0.148. The molecule has 0 bridgehead atoms. The van der Waals surface area contributed by atoms with Gasteiger partial charge in [-0.15, -0.1) is 0 Å². The number of allylic oxidation sites excluding steroid dienone is 1. The second-order valence-corrected chi connectivity index (χ2v) is 8.47. The first-order chi connectivity index (χ1) is 16.5. The molecule has 3 aromatic carbocycles. The van der Waals surface area contributed by atoms with Crippen molar-refractivity contribution < 1.29 is 8.91 Å². The van der Waals surface area contributed by atoms with E-state index in [0.717, 1.165) is 34.5 Å². The predicted octanol–water partition coefficient (Wildman–Crippen LogP) is 6.31. The van der Waals surface area contributed by atoms with Crippen molar-refractivity contribution in [3.05, 3.63) is 107 Å². The van der Waals surface area contributed by atoms with Crippen LogP contribution in [0.15, 0.2) is 89.1 Å². The van der Waals surface area contributed by atoms with E-state index in [2.05, 4.69) is 29.5 Å². The summed E-state index contributed by atoms with van der Waals surface area (Å²) in [5, 5.41) is 8.09. The molecular formula is C27H23FN4OS. The highest BCUT2D eigenvalue weighted by atomic mass is 32.1. The van der Waals surface area contributed by atoms with Crippen LogP contribution in [0.4, 0.5) is 10.1 Å². The molecule has 5 nitrogen and oxygen atoms in total. The summed E-state index contributed by atoms with van der Waals surface area (Å²) in [5.74, 6) is 0.520. The van der Waals surface area contributed by atoms with Crippen molar-refractivity contribution in [2.75, 3.05) is 4.90 Å². The highest BCUT2D eigenvalue weighted by Gasteiger charge is 2.35. The van der Waals surface area contributed by atoms with E-state index < -0.39 is 6.04 Å². The van der Waals surface area contributed by atoms with Gasteiger partial charge in [0.1, 0.15) is 5.82 Å². The summed E-state index contributed by atoms with van der Waals surface area (Å²) in [6.45, 7) is 4.09. The zero-order valence-electron chi connectivity index (χ0n) is 18.8. The Balaban J connectivity index is 1.65. The van der Waals surface area contributed by atoms with Gasteiger partial charge in [0.05, 0.1) is 11.6 Å². The molecule has 0 aliphatic carbocycles. The van der Waals surface area contributed by atoms with E-state index >= 15 is 0 Å². The van der Waals surface area contributed by atoms with Crippen LogP contribution < -0.4 is 10.2 Å². The van der Waals surface area contributed by atoms with Crippen molar-refractivity contribution in [3.63, 3.8) is 0 Å². The first kappa shape index (κ1) is 22.0. The van der Waals surface area contributed by atoms with Gasteiger partial charge in [0.25, 0.3) is 5.89 Å². The van der Waals surface area contributed by atoms with Crippen LogP contribution in [0, 0.1) is 5.82 Å². The molecule has 0 amide bonds.